The number of para-hydroxylation sites is 1. The smallest absolute Gasteiger partial charge is 0.274 e. The van der Waals surface area contributed by atoms with Gasteiger partial charge < -0.3 is 15.0 Å². The Kier molecular flexibility index (Phi) is 5.56. The second-order valence-electron chi connectivity index (χ2n) is 8.11. The van der Waals surface area contributed by atoms with Gasteiger partial charge in [-0.3, -0.25) is 14.3 Å². The van der Waals surface area contributed by atoms with Gasteiger partial charge in [0.05, 0.1) is 12.2 Å². The first-order valence-corrected chi connectivity index (χ1v) is 10.3. The molecule has 1 aliphatic carbocycles. The molecular formula is C22H28N4O3. The Morgan fingerprint density at radius 2 is 2.03 bits per heavy atom. The van der Waals surface area contributed by atoms with Gasteiger partial charge in [-0.2, -0.15) is 5.10 Å². The molecule has 1 saturated carbocycles. The molecule has 1 saturated heterocycles. The predicted molar refractivity (Wildman–Crippen MR) is 109 cm³/mol. The van der Waals surface area contributed by atoms with Crippen molar-refractivity contribution < 1.29 is 14.3 Å². The first-order valence-electron chi connectivity index (χ1n) is 10.3. The average molecular weight is 396 g/mol. The molecule has 4 rings (SSSR count). The van der Waals surface area contributed by atoms with Gasteiger partial charge in [0.15, 0.2) is 5.69 Å². The molecule has 7 nitrogen and oxygen atoms in total. The zero-order valence-corrected chi connectivity index (χ0v) is 17.1. The fourth-order valence-electron chi connectivity index (χ4n) is 3.69. The van der Waals surface area contributed by atoms with Crippen LogP contribution in [0.5, 0.6) is 5.75 Å². The molecule has 2 aromatic rings. The number of hydrogen-bond donors (Lipinski definition) is 1. The van der Waals surface area contributed by atoms with Crippen molar-refractivity contribution in [1.82, 2.24) is 20.0 Å². The number of benzene rings is 1. The van der Waals surface area contributed by atoms with Crippen LogP contribution in [-0.2, 0) is 7.05 Å². The standard InChI is InChI=1S/C22H28N4O3/c1-15-12-19(24-25(15)2)22(28)26-11-5-6-16(13-26)14-29-20-8-4-3-7-18(20)21(27)23-17-9-10-17/h3-4,7-8,12,16-17H,5-6,9-11,13-14H2,1-2H3,(H,23,27). The number of amides is 2. The fraction of sp³-hybridized carbons (Fsp3) is 0.500. The van der Waals surface area contributed by atoms with Crippen LogP contribution in [0.15, 0.2) is 30.3 Å². The van der Waals surface area contributed by atoms with E-state index in [4.69, 9.17) is 4.74 Å². The first kappa shape index (κ1) is 19.5. The zero-order chi connectivity index (χ0) is 20.4. The van der Waals surface area contributed by atoms with Gasteiger partial charge in [-0.1, -0.05) is 12.1 Å². The van der Waals surface area contributed by atoms with Crippen molar-refractivity contribution in [1.29, 1.82) is 0 Å². The van der Waals surface area contributed by atoms with Gasteiger partial charge in [-0.05, 0) is 50.8 Å². The third-order valence-electron chi connectivity index (χ3n) is 5.66. The number of rotatable bonds is 6. The molecule has 2 amide bonds. The van der Waals surface area contributed by atoms with Crippen LogP contribution in [0.3, 0.4) is 0 Å². The SMILES string of the molecule is Cc1cc(C(=O)N2CCCC(COc3ccccc3C(=O)NC3CC3)C2)nn1C. The Labute approximate surface area is 171 Å². The van der Waals surface area contributed by atoms with Crippen LogP contribution in [0.2, 0.25) is 0 Å². The summed E-state index contributed by atoms with van der Waals surface area (Å²) < 4.78 is 7.76. The molecule has 7 heteroatoms. The number of nitrogens with zero attached hydrogens (tertiary/aromatic N) is 3. The topological polar surface area (TPSA) is 76.5 Å². The summed E-state index contributed by atoms with van der Waals surface area (Å²) in [6.45, 7) is 3.81. The van der Waals surface area contributed by atoms with Gasteiger partial charge in [0, 0.05) is 37.8 Å². The van der Waals surface area contributed by atoms with E-state index in [1.807, 2.05) is 43.1 Å². The summed E-state index contributed by atoms with van der Waals surface area (Å²) in [5, 5.41) is 7.33. The average Bonchev–Trinajstić information content (AvgIpc) is 3.48. The van der Waals surface area contributed by atoms with Crippen molar-refractivity contribution in [2.24, 2.45) is 13.0 Å². The Morgan fingerprint density at radius 3 is 2.76 bits per heavy atom. The van der Waals surface area contributed by atoms with E-state index in [0.717, 1.165) is 37.9 Å². The molecule has 1 N–H and O–H groups in total. The van der Waals surface area contributed by atoms with E-state index in [-0.39, 0.29) is 17.7 Å². The van der Waals surface area contributed by atoms with Crippen LogP contribution in [0.1, 0.15) is 52.2 Å². The summed E-state index contributed by atoms with van der Waals surface area (Å²) in [4.78, 5) is 27.1. The molecule has 1 aliphatic heterocycles. The van der Waals surface area contributed by atoms with E-state index in [2.05, 4.69) is 10.4 Å². The maximum atomic E-state index is 12.8. The second kappa shape index (κ2) is 8.27. The highest BCUT2D eigenvalue weighted by atomic mass is 16.5. The summed E-state index contributed by atoms with van der Waals surface area (Å²) in [5.74, 6) is 0.739. The Hall–Kier alpha value is -2.83. The van der Waals surface area contributed by atoms with E-state index in [1.54, 1.807) is 10.7 Å². The molecule has 1 unspecified atom stereocenters. The van der Waals surface area contributed by atoms with E-state index >= 15 is 0 Å². The Bertz CT molecular complexity index is 884. The third kappa shape index (κ3) is 4.60. The molecular weight excluding hydrogens is 368 g/mol. The van der Waals surface area contributed by atoms with Gasteiger partial charge in [0.25, 0.3) is 11.8 Å². The third-order valence-corrected chi connectivity index (χ3v) is 5.66. The highest BCUT2D eigenvalue weighted by Gasteiger charge is 2.28. The molecule has 29 heavy (non-hydrogen) atoms. The highest BCUT2D eigenvalue weighted by Crippen LogP contribution is 2.25. The molecule has 0 bridgehead atoms. The van der Waals surface area contributed by atoms with Gasteiger partial charge in [-0.25, -0.2) is 0 Å². The number of hydrogen-bond acceptors (Lipinski definition) is 4. The molecule has 1 aromatic carbocycles. The normalized spacial score (nSPS) is 19.1. The second-order valence-corrected chi connectivity index (χ2v) is 8.11. The maximum Gasteiger partial charge on any atom is 0.274 e. The van der Waals surface area contributed by atoms with E-state index in [1.165, 1.54) is 0 Å². The largest absolute Gasteiger partial charge is 0.492 e. The summed E-state index contributed by atoms with van der Waals surface area (Å²) in [6.07, 6.45) is 4.05. The monoisotopic (exact) mass is 396 g/mol. The van der Waals surface area contributed by atoms with Gasteiger partial charge >= 0.3 is 0 Å². The highest BCUT2D eigenvalue weighted by molar-refractivity contribution is 5.97. The van der Waals surface area contributed by atoms with Crippen molar-refractivity contribution >= 4 is 11.8 Å². The summed E-state index contributed by atoms with van der Waals surface area (Å²) >= 11 is 0. The molecule has 2 aliphatic rings. The van der Waals surface area contributed by atoms with E-state index in [9.17, 15) is 9.59 Å². The van der Waals surface area contributed by atoms with E-state index < -0.39 is 0 Å². The zero-order valence-electron chi connectivity index (χ0n) is 17.1. The number of aryl methyl sites for hydroxylation is 2. The fourth-order valence-corrected chi connectivity index (χ4v) is 3.69. The molecule has 2 heterocycles. The van der Waals surface area contributed by atoms with Crippen LogP contribution >= 0.6 is 0 Å². The lowest BCUT2D eigenvalue weighted by Gasteiger charge is -2.32. The molecule has 1 aromatic heterocycles. The van der Waals surface area contributed by atoms with Crippen molar-refractivity contribution in [3.05, 3.63) is 47.3 Å². The Morgan fingerprint density at radius 1 is 1.24 bits per heavy atom. The van der Waals surface area contributed by atoms with Crippen molar-refractivity contribution in [2.45, 2.75) is 38.6 Å². The number of carbonyl (C=O) groups is 2. The summed E-state index contributed by atoms with van der Waals surface area (Å²) in [5.41, 5.74) is 2.03. The lowest BCUT2D eigenvalue weighted by atomic mass is 9.98. The molecule has 1 atom stereocenters. The minimum absolute atomic E-state index is 0.0254. The number of piperidine rings is 1. The molecule has 2 fully saturated rings. The summed E-state index contributed by atoms with van der Waals surface area (Å²) in [7, 11) is 1.84. The predicted octanol–water partition coefficient (Wildman–Crippen LogP) is 2.55. The van der Waals surface area contributed by atoms with Crippen LogP contribution in [0.25, 0.3) is 0 Å². The quantitative estimate of drug-likeness (QED) is 0.814. The van der Waals surface area contributed by atoms with E-state index in [0.29, 0.717) is 36.2 Å². The minimum Gasteiger partial charge on any atom is -0.492 e. The molecule has 154 valence electrons. The number of likely N-dealkylation sites (tertiary alicyclic amines) is 1. The van der Waals surface area contributed by atoms with Crippen LogP contribution in [0.4, 0.5) is 0 Å². The van der Waals surface area contributed by atoms with Gasteiger partial charge in [-0.15, -0.1) is 0 Å². The molecule has 0 spiro atoms. The Balaban J connectivity index is 1.36. The van der Waals surface area contributed by atoms with Crippen molar-refractivity contribution in [3.8, 4) is 5.75 Å². The first-order chi connectivity index (χ1) is 14.0. The number of nitrogens with one attached hydrogen (secondary N) is 1. The van der Waals surface area contributed by atoms with Crippen LogP contribution in [0, 0.1) is 12.8 Å². The minimum atomic E-state index is -0.0749. The van der Waals surface area contributed by atoms with Crippen molar-refractivity contribution in [3.63, 3.8) is 0 Å². The lowest BCUT2D eigenvalue weighted by molar-refractivity contribution is 0.0626. The van der Waals surface area contributed by atoms with Crippen LogP contribution in [-0.4, -0.2) is 52.2 Å². The van der Waals surface area contributed by atoms with Gasteiger partial charge in [0.1, 0.15) is 5.75 Å². The maximum absolute atomic E-state index is 12.8. The number of aromatic nitrogens is 2. The van der Waals surface area contributed by atoms with Gasteiger partial charge in [0.2, 0.25) is 0 Å². The summed E-state index contributed by atoms with van der Waals surface area (Å²) in [6, 6.07) is 9.51. The lowest BCUT2D eigenvalue weighted by Crippen LogP contribution is -2.41. The number of carbonyl (C=O) groups excluding carboxylic acids is 2. The van der Waals surface area contributed by atoms with Crippen molar-refractivity contribution in [2.75, 3.05) is 19.7 Å². The molecule has 0 radical (unpaired) electrons. The van der Waals surface area contributed by atoms with Crippen LogP contribution < -0.4 is 10.1 Å². The number of ether oxygens (including phenoxy) is 1.